The summed E-state index contributed by atoms with van der Waals surface area (Å²) in [4.78, 5) is 2.32. The summed E-state index contributed by atoms with van der Waals surface area (Å²) in [7, 11) is 0. The fourth-order valence-electron chi connectivity index (χ4n) is 2.72. The summed E-state index contributed by atoms with van der Waals surface area (Å²) < 4.78 is 0. The molecule has 0 spiro atoms. The van der Waals surface area contributed by atoms with Gasteiger partial charge in [0.15, 0.2) is 0 Å². The highest BCUT2D eigenvalue weighted by Crippen LogP contribution is 1.98. The molecule has 0 fully saturated rings. The normalized spacial score (nSPS) is 12.2. The fourth-order valence-corrected chi connectivity index (χ4v) is 2.72. The minimum Gasteiger partial charge on any atom is -0.395 e. The predicted molar refractivity (Wildman–Crippen MR) is 108 cm³/mol. The minimum absolute atomic E-state index is 0.0919. The summed E-state index contributed by atoms with van der Waals surface area (Å²) in [6.45, 7) is 4.15. The van der Waals surface area contributed by atoms with Gasteiger partial charge in [-0.2, -0.15) is 0 Å². The summed E-state index contributed by atoms with van der Waals surface area (Å²) in [5.41, 5.74) is 0. The van der Waals surface area contributed by atoms with Crippen LogP contribution in [0.3, 0.4) is 0 Å². The minimum atomic E-state index is -0.287. The molecule has 0 saturated carbocycles. The van der Waals surface area contributed by atoms with Gasteiger partial charge in [0.25, 0.3) is 0 Å². The summed E-state index contributed by atoms with van der Waals surface area (Å²) in [6, 6.07) is -0.862. The van der Waals surface area contributed by atoms with Crippen molar-refractivity contribution in [1.29, 1.82) is 0 Å². The van der Waals surface area contributed by atoms with Gasteiger partial charge in [0.2, 0.25) is 0 Å². The Morgan fingerprint density at radius 1 is 0.464 bits per heavy atom. The van der Waals surface area contributed by atoms with Crippen LogP contribution in [0.4, 0.5) is 0 Å². The molecule has 0 rings (SSSR count). The first-order chi connectivity index (χ1) is 13.6. The highest BCUT2D eigenvalue weighted by molar-refractivity contribution is 4.69. The van der Waals surface area contributed by atoms with Crippen LogP contribution < -0.4 is 16.0 Å². The Balaban J connectivity index is 4.17. The molecule has 0 atom stereocenters. The first kappa shape index (κ1) is 27.6. The van der Waals surface area contributed by atoms with Crippen molar-refractivity contribution in [3.05, 3.63) is 0 Å². The molecule has 10 nitrogen and oxygen atoms in total. The van der Waals surface area contributed by atoms with Crippen molar-refractivity contribution in [2.45, 2.75) is 37.4 Å². The molecule has 0 bridgehead atoms. The van der Waals surface area contributed by atoms with Gasteiger partial charge in [0.05, 0.1) is 57.8 Å². The largest absolute Gasteiger partial charge is 0.395 e. The topological polar surface area (TPSA) is 161 Å². The zero-order valence-corrected chi connectivity index (χ0v) is 17.0. The number of nitrogens with zero attached hydrogens (tertiary/aromatic N) is 1. The van der Waals surface area contributed by atoms with E-state index in [9.17, 15) is 0 Å². The zero-order valence-electron chi connectivity index (χ0n) is 17.0. The van der Waals surface area contributed by atoms with E-state index in [0.29, 0.717) is 19.6 Å². The maximum absolute atomic E-state index is 9.07. The van der Waals surface area contributed by atoms with E-state index in [1.54, 1.807) is 0 Å². The molecule has 0 aliphatic rings. The molecule has 0 aliphatic carbocycles. The van der Waals surface area contributed by atoms with E-state index in [1.807, 2.05) is 0 Å². The predicted octanol–water partition coefficient (Wildman–Crippen LogP) is -3.71. The average Bonchev–Trinajstić information content (AvgIpc) is 2.73. The summed E-state index contributed by atoms with van der Waals surface area (Å²) in [6.07, 6.45) is 2.63. The van der Waals surface area contributed by atoms with Crippen LogP contribution in [0.2, 0.25) is 0 Å². The lowest BCUT2D eigenvalue weighted by molar-refractivity contribution is 0.165. The lowest BCUT2D eigenvalue weighted by Gasteiger charge is -2.24. The maximum atomic E-state index is 9.07. The molecule has 0 heterocycles. The van der Waals surface area contributed by atoms with Crippen molar-refractivity contribution in [3.8, 4) is 0 Å². The lowest BCUT2D eigenvalue weighted by Crippen LogP contribution is -2.40. The Morgan fingerprint density at radius 3 is 0.929 bits per heavy atom. The third-order valence-corrected chi connectivity index (χ3v) is 4.57. The van der Waals surface area contributed by atoms with Crippen LogP contribution in [0.25, 0.3) is 0 Å². The van der Waals surface area contributed by atoms with E-state index in [4.69, 9.17) is 30.6 Å². The smallest absolute Gasteiger partial charge is 0.0607 e. The van der Waals surface area contributed by atoms with Crippen LogP contribution in [0.1, 0.15) is 19.3 Å². The molecule has 0 amide bonds. The Morgan fingerprint density at radius 2 is 0.714 bits per heavy atom. The van der Waals surface area contributed by atoms with Crippen LogP contribution in [-0.2, 0) is 0 Å². The van der Waals surface area contributed by atoms with Gasteiger partial charge in [-0.25, -0.2) is 0 Å². The molecular weight excluding hydrogens is 368 g/mol. The van der Waals surface area contributed by atoms with Crippen LogP contribution in [0, 0.1) is 0 Å². The van der Waals surface area contributed by atoms with Gasteiger partial charge in [0.1, 0.15) is 0 Å². The van der Waals surface area contributed by atoms with Gasteiger partial charge in [-0.1, -0.05) is 0 Å². The van der Waals surface area contributed by atoms with Crippen LogP contribution in [0.15, 0.2) is 0 Å². The molecule has 0 aromatic heterocycles. The highest BCUT2D eigenvalue weighted by atomic mass is 16.3. The second-order valence-electron chi connectivity index (χ2n) is 6.95. The molecule has 0 unspecified atom stereocenters. The molecule has 0 aromatic rings. The van der Waals surface area contributed by atoms with Gasteiger partial charge >= 0.3 is 0 Å². The van der Waals surface area contributed by atoms with Gasteiger partial charge in [0, 0.05) is 0 Å². The monoisotopic (exact) mass is 410 g/mol. The van der Waals surface area contributed by atoms with Crippen molar-refractivity contribution in [3.63, 3.8) is 0 Å². The van der Waals surface area contributed by atoms with Gasteiger partial charge in [-0.3, -0.25) is 0 Å². The molecule has 0 aliphatic heterocycles. The SMILES string of the molecule is OCC(CO)NCCCN(CCCNC(CO)CO)CCCNC(CO)CO. The quantitative estimate of drug-likeness (QED) is 0.0861. The van der Waals surface area contributed by atoms with Crippen LogP contribution >= 0.6 is 0 Å². The molecule has 170 valence electrons. The maximum Gasteiger partial charge on any atom is 0.0607 e. The summed E-state index contributed by atoms with van der Waals surface area (Å²) in [5.74, 6) is 0. The Hall–Kier alpha value is -0.400. The molecular formula is C18H42N4O6. The number of hydrogen-bond acceptors (Lipinski definition) is 10. The van der Waals surface area contributed by atoms with Gasteiger partial charge in [-0.15, -0.1) is 0 Å². The third-order valence-electron chi connectivity index (χ3n) is 4.57. The fraction of sp³-hybridized carbons (Fsp3) is 1.00. The number of aliphatic hydroxyl groups excluding tert-OH is 6. The number of aliphatic hydroxyl groups is 6. The molecule has 9 N–H and O–H groups in total. The Labute approximate surface area is 168 Å². The van der Waals surface area contributed by atoms with Gasteiger partial charge < -0.3 is 51.5 Å². The standard InChI is InChI=1S/C18H42N4O6/c23-10-16(11-24)19-4-1-7-22(8-2-5-20-17(12-25)13-26)9-3-6-21-18(14-27)15-28/h16-21,23-28H,1-15H2. The zero-order chi connectivity index (χ0) is 21.0. The molecule has 10 heteroatoms. The van der Waals surface area contributed by atoms with Crippen molar-refractivity contribution in [2.24, 2.45) is 0 Å². The van der Waals surface area contributed by atoms with Crippen molar-refractivity contribution >= 4 is 0 Å². The first-order valence-corrected chi connectivity index (χ1v) is 10.2. The molecule has 28 heavy (non-hydrogen) atoms. The van der Waals surface area contributed by atoms with E-state index in [0.717, 1.165) is 38.9 Å². The van der Waals surface area contributed by atoms with Crippen molar-refractivity contribution in [2.75, 3.05) is 78.9 Å². The van der Waals surface area contributed by atoms with Crippen molar-refractivity contribution in [1.82, 2.24) is 20.9 Å². The number of hydrogen-bond donors (Lipinski definition) is 9. The summed E-state index contributed by atoms with van der Waals surface area (Å²) in [5, 5.41) is 63.8. The van der Waals surface area contributed by atoms with E-state index in [1.165, 1.54) is 0 Å². The van der Waals surface area contributed by atoms with E-state index in [2.05, 4.69) is 20.9 Å². The average molecular weight is 411 g/mol. The van der Waals surface area contributed by atoms with Crippen LogP contribution in [-0.4, -0.2) is 133 Å². The van der Waals surface area contributed by atoms with Crippen LogP contribution in [0.5, 0.6) is 0 Å². The lowest BCUT2D eigenvalue weighted by atomic mass is 10.2. The first-order valence-electron chi connectivity index (χ1n) is 10.2. The Kier molecular flexibility index (Phi) is 19.6. The Bertz CT molecular complexity index is 271. The second kappa shape index (κ2) is 19.9. The number of rotatable bonds is 21. The number of nitrogens with one attached hydrogen (secondary N) is 3. The van der Waals surface area contributed by atoms with E-state index in [-0.39, 0.29) is 57.8 Å². The van der Waals surface area contributed by atoms with E-state index < -0.39 is 0 Å². The third kappa shape index (κ3) is 14.6. The summed E-state index contributed by atoms with van der Waals surface area (Å²) >= 11 is 0. The highest BCUT2D eigenvalue weighted by Gasteiger charge is 2.09. The second-order valence-corrected chi connectivity index (χ2v) is 6.95. The van der Waals surface area contributed by atoms with E-state index >= 15 is 0 Å². The van der Waals surface area contributed by atoms with Gasteiger partial charge in [-0.05, 0) is 58.5 Å². The molecule has 0 radical (unpaired) electrons. The molecule has 0 aromatic carbocycles. The van der Waals surface area contributed by atoms with Crippen molar-refractivity contribution < 1.29 is 30.6 Å². The molecule has 0 saturated heterocycles.